The Morgan fingerprint density at radius 3 is 2.70 bits per heavy atom. The van der Waals surface area contributed by atoms with Crippen LogP contribution in [0.1, 0.15) is 36.0 Å². The number of ether oxygens (including phenoxy) is 1. The SMILES string of the molecule is COC(=O)CCCCCNC(=O)c1ccc(F)cc1Br. The molecule has 4 nitrogen and oxygen atoms in total. The fourth-order valence-electron chi connectivity index (χ4n) is 1.64. The van der Waals surface area contributed by atoms with Gasteiger partial charge in [-0.05, 0) is 47.0 Å². The van der Waals surface area contributed by atoms with Crippen LogP contribution in [0.25, 0.3) is 0 Å². The first-order valence-electron chi connectivity index (χ1n) is 6.34. The molecule has 0 aliphatic rings. The molecule has 0 aromatic heterocycles. The smallest absolute Gasteiger partial charge is 0.305 e. The first-order valence-corrected chi connectivity index (χ1v) is 7.14. The van der Waals surface area contributed by atoms with Crippen molar-refractivity contribution in [3.05, 3.63) is 34.1 Å². The zero-order valence-corrected chi connectivity index (χ0v) is 12.8. The number of halogens is 2. The summed E-state index contributed by atoms with van der Waals surface area (Å²) >= 11 is 3.15. The molecular weight excluding hydrogens is 329 g/mol. The van der Waals surface area contributed by atoms with Gasteiger partial charge in [0.25, 0.3) is 5.91 Å². The topological polar surface area (TPSA) is 55.4 Å². The summed E-state index contributed by atoms with van der Waals surface area (Å²) in [5.74, 6) is -0.856. The molecule has 110 valence electrons. The third kappa shape index (κ3) is 5.69. The monoisotopic (exact) mass is 345 g/mol. The second-order valence-electron chi connectivity index (χ2n) is 4.27. The third-order valence-electron chi connectivity index (χ3n) is 2.75. The van der Waals surface area contributed by atoms with Crippen molar-refractivity contribution in [3.8, 4) is 0 Å². The zero-order valence-electron chi connectivity index (χ0n) is 11.2. The predicted octanol–water partition coefficient (Wildman–Crippen LogP) is 3.05. The van der Waals surface area contributed by atoms with E-state index in [4.69, 9.17) is 0 Å². The highest BCUT2D eigenvalue weighted by atomic mass is 79.9. The lowest BCUT2D eigenvalue weighted by Gasteiger charge is -2.07. The molecular formula is C14H17BrFNO3. The zero-order chi connectivity index (χ0) is 15.0. The first kappa shape index (κ1) is 16.6. The fraction of sp³-hybridized carbons (Fsp3) is 0.429. The van der Waals surface area contributed by atoms with Crippen molar-refractivity contribution in [2.45, 2.75) is 25.7 Å². The van der Waals surface area contributed by atoms with Gasteiger partial charge in [0.05, 0.1) is 12.7 Å². The van der Waals surface area contributed by atoms with E-state index in [-0.39, 0.29) is 11.9 Å². The number of nitrogens with one attached hydrogen (secondary N) is 1. The number of carbonyl (C=O) groups is 2. The maximum Gasteiger partial charge on any atom is 0.305 e. The van der Waals surface area contributed by atoms with Crippen LogP contribution in [0.3, 0.4) is 0 Å². The standard InChI is InChI=1S/C14H17BrFNO3/c1-20-13(18)5-3-2-4-8-17-14(19)11-7-6-10(16)9-12(11)15/h6-7,9H,2-5,8H2,1H3,(H,17,19). The molecule has 0 saturated carbocycles. The molecule has 0 unspecified atom stereocenters. The Morgan fingerprint density at radius 2 is 2.05 bits per heavy atom. The number of esters is 1. The summed E-state index contributed by atoms with van der Waals surface area (Å²) in [6, 6.07) is 3.94. The van der Waals surface area contributed by atoms with E-state index in [1.54, 1.807) is 0 Å². The van der Waals surface area contributed by atoms with Crippen LogP contribution >= 0.6 is 15.9 Å². The van der Waals surface area contributed by atoms with Gasteiger partial charge in [-0.15, -0.1) is 0 Å². The van der Waals surface area contributed by atoms with Crippen LogP contribution in [0.15, 0.2) is 22.7 Å². The van der Waals surface area contributed by atoms with Gasteiger partial charge in [-0.25, -0.2) is 4.39 Å². The normalized spacial score (nSPS) is 10.2. The molecule has 1 aromatic carbocycles. The van der Waals surface area contributed by atoms with E-state index in [0.717, 1.165) is 19.3 Å². The Bertz CT molecular complexity index is 479. The minimum absolute atomic E-state index is 0.218. The van der Waals surface area contributed by atoms with Gasteiger partial charge in [-0.1, -0.05) is 6.42 Å². The van der Waals surface area contributed by atoms with E-state index in [1.807, 2.05) is 0 Å². The maximum absolute atomic E-state index is 12.9. The third-order valence-corrected chi connectivity index (χ3v) is 3.40. The van der Waals surface area contributed by atoms with Crippen LogP contribution in [0.5, 0.6) is 0 Å². The van der Waals surface area contributed by atoms with Crippen LogP contribution in [0, 0.1) is 5.82 Å². The molecule has 1 rings (SSSR count). The number of benzene rings is 1. The van der Waals surface area contributed by atoms with E-state index < -0.39 is 5.82 Å². The lowest BCUT2D eigenvalue weighted by atomic mass is 10.2. The summed E-state index contributed by atoms with van der Waals surface area (Å²) in [4.78, 5) is 22.7. The van der Waals surface area contributed by atoms with E-state index in [9.17, 15) is 14.0 Å². The number of carbonyl (C=O) groups excluding carboxylic acids is 2. The predicted molar refractivity (Wildman–Crippen MR) is 76.9 cm³/mol. The van der Waals surface area contributed by atoms with Crippen molar-refractivity contribution >= 4 is 27.8 Å². The maximum atomic E-state index is 12.9. The fourth-order valence-corrected chi connectivity index (χ4v) is 2.17. The van der Waals surface area contributed by atoms with Crippen molar-refractivity contribution in [1.29, 1.82) is 0 Å². The average Bonchev–Trinajstić information content (AvgIpc) is 2.42. The van der Waals surface area contributed by atoms with Crippen molar-refractivity contribution < 1.29 is 18.7 Å². The first-order chi connectivity index (χ1) is 9.54. The molecule has 20 heavy (non-hydrogen) atoms. The minimum atomic E-state index is -0.392. The number of unbranched alkanes of at least 4 members (excludes halogenated alkanes) is 2. The molecule has 6 heteroatoms. The van der Waals surface area contributed by atoms with Gasteiger partial charge in [-0.3, -0.25) is 9.59 Å². The molecule has 0 fully saturated rings. The summed E-state index contributed by atoms with van der Waals surface area (Å²) in [5, 5.41) is 2.75. The molecule has 0 radical (unpaired) electrons. The lowest BCUT2D eigenvalue weighted by molar-refractivity contribution is -0.140. The molecule has 1 aromatic rings. The molecule has 1 amide bonds. The molecule has 0 heterocycles. The minimum Gasteiger partial charge on any atom is -0.469 e. The molecule has 0 aliphatic heterocycles. The van der Waals surface area contributed by atoms with Crippen LogP contribution in [0.4, 0.5) is 4.39 Å². The van der Waals surface area contributed by atoms with Crippen molar-refractivity contribution in [3.63, 3.8) is 0 Å². The molecule has 0 aliphatic carbocycles. The summed E-state index contributed by atoms with van der Waals surface area (Å²) in [5.41, 5.74) is 0.404. The molecule has 1 N–H and O–H groups in total. The highest BCUT2D eigenvalue weighted by Gasteiger charge is 2.09. The number of methoxy groups -OCH3 is 1. The quantitative estimate of drug-likeness (QED) is 0.610. The molecule has 0 atom stereocenters. The van der Waals surface area contributed by atoms with Crippen molar-refractivity contribution in [2.24, 2.45) is 0 Å². The van der Waals surface area contributed by atoms with Gasteiger partial charge < -0.3 is 10.1 Å². The van der Waals surface area contributed by atoms with Gasteiger partial charge in [0.2, 0.25) is 0 Å². The van der Waals surface area contributed by atoms with E-state index in [0.29, 0.717) is 23.0 Å². The van der Waals surface area contributed by atoms with E-state index in [1.165, 1.54) is 25.3 Å². The molecule has 0 spiro atoms. The second kappa shape index (κ2) is 8.68. The van der Waals surface area contributed by atoms with Crippen molar-refractivity contribution in [1.82, 2.24) is 5.32 Å². The van der Waals surface area contributed by atoms with Crippen molar-refractivity contribution in [2.75, 3.05) is 13.7 Å². The van der Waals surface area contributed by atoms with Gasteiger partial charge in [0, 0.05) is 17.4 Å². The largest absolute Gasteiger partial charge is 0.469 e. The summed E-state index contributed by atoms with van der Waals surface area (Å²) in [6.45, 7) is 0.518. The van der Waals surface area contributed by atoms with Gasteiger partial charge >= 0.3 is 5.97 Å². The summed E-state index contributed by atoms with van der Waals surface area (Å²) < 4.78 is 17.9. The Kier molecular flexibility index (Phi) is 7.22. The highest BCUT2D eigenvalue weighted by Crippen LogP contribution is 2.17. The van der Waals surface area contributed by atoms with Gasteiger partial charge in [0.1, 0.15) is 5.82 Å². The Hall–Kier alpha value is -1.43. The van der Waals surface area contributed by atoms with Gasteiger partial charge in [-0.2, -0.15) is 0 Å². The number of rotatable bonds is 7. The number of amides is 1. The lowest BCUT2D eigenvalue weighted by Crippen LogP contribution is -2.24. The van der Waals surface area contributed by atoms with Crippen LogP contribution < -0.4 is 5.32 Å². The summed E-state index contributed by atoms with van der Waals surface area (Å²) in [6.07, 6.45) is 2.75. The van der Waals surface area contributed by atoms with Gasteiger partial charge in [0.15, 0.2) is 0 Å². The number of hydrogen-bond acceptors (Lipinski definition) is 3. The molecule has 0 saturated heterocycles. The van der Waals surface area contributed by atoms with E-state index in [2.05, 4.69) is 26.0 Å². The van der Waals surface area contributed by atoms with E-state index >= 15 is 0 Å². The Balaban J connectivity index is 2.25. The van der Waals surface area contributed by atoms with Crippen LogP contribution in [-0.4, -0.2) is 25.5 Å². The second-order valence-corrected chi connectivity index (χ2v) is 5.12. The van der Waals surface area contributed by atoms with Crippen LogP contribution in [0.2, 0.25) is 0 Å². The number of hydrogen-bond donors (Lipinski definition) is 1. The highest BCUT2D eigenvalue weighted by molar-refractivity contribution is 9.10. The Labute approximate surface area is 125 Å². The average molecular weight is 346 g/mol. The molecule has 0 bridgehead atoms. The summed E-state index contributed by atoms with van der Waals surface area (Å²) in [7, 11) is 1.36. The Morgan fingerprint density at radius 1 is 1.30 bits per heavy atom. The van der Waals surface area contributed by atoms with Crippen LogP contribution in [-0.2, 0) is 9.53 Å².